The maximum Gasteiger partial charge on any atom is 0.317 e. The summed E-state index contributed by atoms with van der Waals surface area (Å²) in [6.07, 6.45) is 2.16. The lowest BCUT2D eigenvalue weighted by Gasteiger charge is -2.19. The Morgan fingerprint density at radius 2 is 2.33 bits per heavy atom. The zero-order valence-corrected chi connectivity index (χ0v) is 12.2. The first-order chi connectivity index (χ1) is 10.2. The second-order valence-corrected chi connectivity index (χ2v) is 5.02. The molecule has 1 aromatic carbocycles. The number of hydrogen-bond donors (Lipinski definition) is 1. The molecule has 1 saturated heterocycles. The number of nitrogens with zero attached hydrogens (tertiary/aromatic N) is 1. The summed E-state index contributed by atoms with van der Waals surface area (Å²) < 4.78 is 24.1. The Morgan fingerprint density at radius 3 is 3.05 bits per heavy atom. The quantitative estimate of drug-likeness (QED) is 0.874. The van der Waals surface area contributed by atoms with Crippen molar-refractivity contribution in [3.63, 3.8) is 0 Å². The van der Waals surface area contributed by atoms with Gasteiger partial charge < -0.3 is 19.7 Å². The molecule has 0 saturated carbocycles. The molecule has 116 valence electrons. The van der Waals surface area contributed by atoms with E-state index in [0.717, 1.165) is 19.4 Å². The van der Waals surface area contributed by atoms with Crippen molar-refractivity contribution in [1.29, 1.82) is 0 Å². The fraction of sp³-hybridized carbons (Fsp3) is 0.533. The van der Waals surface area contributed by atoms with Crippen molar-refractivity contribution in [2.24, 2.45) is 0 Å². The summed E-state index contributed by atoms with van der Waals surface area (Å²) in [7, 11) is 1.68. The van der Waals surface area contributed by atoms with E-state index in [2.05, 4.69) is 5.32 Å². The molecular formula is C15H21FN2O3. The van der Waals surface area contributed by atoms with Gasteiger partial charge in [-0.05, 0) is 25.0 Å². The van der Waals surface area contributed by atoms with Gasteiger partial charge in [0.15, 0.2) is 11.6 Å². The zero-order chi connectivity index (χ0) is 15.1. The molecule has 0 radical (unpaired) electrons. The van der Waals surface area contributed by atoms with Crippen LogP contribution in [0.15, 0.2) is 24.3 Å². The van der Waals surface area contributed by atoms with Crippen LogP contribution in [0.2, 0.25) is 0 Å². The van der Waals surface area contributed by atoms with Gasteiger partial charge in [-0.15, -0.1) is 0 Å². The molecule has 0 aromatic heterocycles. The topological polar surface area (TPSA) is 50.8 Å². The number of rotatable bonds is 6. The predicted octanol–water partition coefficient (Wildman–Crippen LogP) is 2.02. The fourth-order valence-electron chi connectivity index (χ4n) is 2.10. The third-order valence-corrected chi connectivity index (χ3v) is 3.37. The summed E-state index contributed by atoms with van der Waals surface area (Å²) in [5, 5.41) is 2.82. The second-order valence-electron chi connectivity index (χ2n) is 5.02. The number of para-hydroxylation sites is 1. The molecule has 2 rings (SSSR count). The maximum atomic E-state index is 13.3. The molecule has 6 heteroatoms. The van der Waals surface area contributed by atoms with Crippen LogP contribution in [0.5, 0.6) is 5.75 Å². The lowest BCUT2D eigenvalue weighted by molar-refractivity contribution is 0.109. The lowest BCUT2D eigenvalue weighted by atomic mass is 10.2. The number of amides is 2. The summed E-state index contributed by atoms with van der Waals surface area (Å²) in [5.41, 5.74) is 0. The van der Waals surface area contributed by atoms with Crippen molar-refractivity contribution in [2.45, 2.75) is 18.9 Å². The number of carbonyl (C=O) groups excluding carboxylic acids is 1. The summed E-state index contributed by atoms with van der Waals surface area (Å²) in [6, 6.07) is 6.03. The van der Waals surface area contributed by atoms with E-state index in [-0.39, 0.29) is 24.5 Å². The van der Waals surface area contributed by atoms with Crippen LogP contribution in [0, 0.1) is 5.82 Å². The molecule has 1 heterocycles. The molecule has 5 nitrogen and oxygen atoms in total. The van der Waals surface area contributed by atoms with Gasteiger partial charge in [0.05, 0.1) is 12.6 Å². The highest BCUT2D eigenvalue weighted by Crippen LogP contribution is 2.15. The molecule has 0 spiro atoms. The second kappa shape index (κ2) is 7.83. The van der Waals surface area contributed by atoms with E-state index in [1.54, 1.807) is 25.2 Å². The van der Waals surface area contributed by atoms with Gasteiger partial charge in [-0.25, -0.2) is 9.18 Å². The number of likely N-dealkylation sites (N-methyl/N-ethyl adjacent to an activating group) is 1. The summed E-state index contributed by atoms with van der Waals surface area (Å²) in [5.74, 6) is -0.200. The van der Waals surface area contributed by atoms with Gasteiger partial charge in [-0.1, -0.05) is 12.1 Å². The number of benzene rings is 1. The van der Waals surface area contributed by atoms with E-state index in [1.807, 2.05) is 0 Å². The van der Waals surface area contributed by atoms with Gasteiger partial charge in [-0.2, -0.15) is 0 Å². The van der Waals surface area contributed by atoms with Gasteiger partial charge in [0, 0.05) is 20.2 Å². The Hall–Kier alpha value is -1.82. The highest BCUT2D eigenvalue weighted by molar-refractivity contribution is 5.73. The van der Waals surface area contributed by atoms with Crippen molar-refractivity contribution in [3.05, 3.63) is 30.1 Å². The average molecular weight is 296 g/mol. The molecule has 1 atom stereocenters. The number of carbonyl (C=O) groups is 1. The molecule has 1 unspecified atom stereocenters. The summed E-state index contributed by atoms with van der Waals surface area (Å²) >= 11 is 0. The molecule has 0 aliphatic carbocycles. The van der Waals surface area contributed by atoms with Gasteiger partial charge in [0.2, 0.25) is 0 Å². The first-order valence-electron chi connectivity index (χ1n) is 7.14. The smallest absolute Gasteiger partial charge is 0.317 e. The molecule has 2 amide bonds. The summed E-state index contributed by atoms with van der Waals surface area (Å²) in [6.45, 7) is 1.92. The number of ether oxygens (including phenoxy) is 2. The Kier molecular flexibility index (Phi) is 5.80. The van der Waals surface area contributed by atoms with E-state index in [9.17, 15) is 9.18 Å². The minimum atomic E-state index is -0.400. The van der Waals surface area contributed by atoms with Crippen LogP contribution in [0.25, 0.3) is 0 Å². The van der Waals surface area contributed by atoms with Crippen molar-refractivity contribution >= 4 is 6.03 Å². The first kappa shape index (κ1) is 15.6. The highest BCUT2D eigenvalue weighted by atomic mass is 19.1. The van der Waals surface area contributed by atoms with E-state index >= 15 is 0 Å². The third-order valence-electron chi connectivity index (χ3n) is 3.37. The summed E-state index contributed by atoms with van der Waals surface area (Å²) in [4.78, 5) is 13.3. The number of hydrogen-bond acceptors (Lipinski definition) is 3. The molecule has 1 aromatic rings. The Morgan fingerprint density at radius 1 is 1.52 bits per heavy atom. The molecule has 1 fully saturated rings. The fourth-order valence-corrected chi connectivity index (χ4v) is 2.10. The zero-order valence-electron chi connectivity index (χ0n) is 12.2. The molecule has 1 aliphatic heterocycles. The van der Waals surface area contributed by atoms with Crippen molar-refractivity contribution in [3.8, 4) is 5.75 Å². The van der Waals surface area contributed by atoms with Crippen LogP contribution < -0.4 is 10.1 Å². The van der Waals surface area contributed by atoms with Gasteiger partial charge >= 0.3 is 6.03 Å². The van der Waals surface area contributed by atoms with Crippen LogP contribution in [-0.2, 0) is 4.74 Å². The minimum absolute atomic E-state index is 0.122. The van der Waals surface area contributed by atoms with Crippen LogP contribution in [0.4, 0.5) is 9.18 Å². The highest BCUT2D eigenvalue weighted by Gasteiger charge is 2.17. The van der Waals surface area contributed by atoms with E-state index in [4.69, 9.17) is 9.47 Å². The largest absolute Gasteiger partial charge is 0.489 e. The number of halogens is 1. The third kappa shape index (κ3) is 4.90. The molecular weight excluding hydrogens is 275 g/mol. The van der Waals surface area contributed by atoms with Crippen LogP contribution in [0.3, 0.4) is 0 Å². The molecule has 1 aliphatic rings. The van der Waals surface area contributed by atoms with E-state index in [1.165, 1.54) is 11.0 Å². The first-order valence-corrected chi connectivity index (χ1v) is 7.14. The molecule has 0 bridgehead atoms. The SMILES string of the molecule is CN(CCOc1ccccc1F)C(=O)NCC1CCCO1. The normalized spacial score (nSPS) is 17.5. The lowest BCUT2D eigenvalue weighted by Crippen LogP contribution is -2.42. The van der Waals surface area contributed by atoms with Crippen molar-refractivity contribution < 1.29 is 18.7 Å². The van der Waals surface area contributed by atoms with Crippen molar-refractivity contribution in [1.82, 2.24) is 10.2 Å². The van der Waals surface area contributed by atoms with Crippen LogP contribution in [0.1, 0.15) is 12.8 Å². The van der Waals surface area contributed by atoms with Crippen LogP contribution in [-0.4, -0.2) is 50.4 Å². The maximum absolute atomic E-state index is 13.3. The Labute approximate surface area is 124 Å². The number of nitrogens with one attached hydrogen (secondary N) is 1. The molecule has 1 N–H and O–H groups in total. The number of urea groups is 1. The molecule has 21 heavy (non-hydrogen) atoms. The Balaban J connectivity index is 1.65. The van der Waals surface area contributed by atoms with E-state index in [0.29, 0.717) is 13.1 Å². The standard InChI is InChI=1S/C15H21FN2O3/c1-18(15(19)17-11-12-5-4-9-20-12)8-10-21-14-7-3-2-6-13(14)16/h2-3,6-7,12H,4-5,8-11H2,1H3,(H,17,19). The van der Waals surface area contributed by atoms with Crippen molar-refractivity contribution in [2.75, 3.05) is 33.4 Å². The van der Waals surface area contributed by atoms with Gasteiger partial charge in [0.1, 0.15) is 6.61 Å². The average Bonchev–Trinajstić information content (AvgIpc) is 3.00. The monoisotopic (exact) mass is 296 g/mol. The predicted molar refractivity (Wildman–Crippen MR) is 76.9 cm³/mol. The minimum Gasteiger partial charge on any atom is -0.489 e. The van der Waals surface area contributed by atoms with E-state index < -0.39 is 5.82 Å². The van der Waals surface area contributed by atoms with Gasteiger partial charge in [-0.3, -0.25) is 0 Å². The Bertz CT molecular complexity index is 464. The van der Waals surface area contributed by atoms with Gasteiger partial charge in [0.25, 0.3) is 0 Å². The van der Waals surface area contributed by atoms with Crippen LogP contribution >= 0.6 is 0 Å².